The summed E-state index contributed by atoms with van der Waals surface area (Å²) in [5.74, 6) is -0.301. The molecular formula is C22H13Cl3N2O3S. The van der Waals surface area contributed by atoms with Gasteiger partial charge >= 0.3 is 0 Å². The summed E-state index contributed by atoms with van der Waals surface area (Å²) in [4.78, 5) is 13.0. The maximum absolute atomic E-state index is 13.0. The first-order valence-electron chi connectivity index (χ1n) is 8.93. The Balaban J connectivity index is 1.80. The molecular weight excluding hydrogens is 479 g/mol. The van der Waals surface area contributed by atoms with Gasteiger partial charge in [0.1, 0.15) is 0 Å². The lowest BCUT2D eigenvalue weighted by molar-refractivity contribution is 0.103. The zero-order valence-corrected chi connectivity index (χ0v) is 18.7. The van der Waals surface area contributed by atoms with Gasteiger partial charge in [0.15, 0.2) is 0 Å². The number of Topliss-reactive ketones (excluding diaryl/α,β-unsaturated/α-hetero) is 1. The minimum Gasteiger partial charge on any atom is -0.352 e. The standard InChI is InChI=1S/C22H13Cl3N2O3S/c23-13-5-8-15(9-6-13)31(29,30)27-20-12-21(22(28)17-4-2-1-3-16(17)20)26-14-7-10-18(24)19(25)11-14/h1-12,26H/b27-20+. The molecule has 3 aromatic carbocycles. The van der Waals surface area contributed by atoms with Crippen LogP contribution in [0.25, 0.3) is 0 Å². The van der Waals surface area contributed by atoms with E-state index in [1.165, 1.54) is 30.3 Å². The fourth-order valence-electron chi connectivity index (χ4n) is 3.02. The molecule has 0 heterocycles. The average molecular weight is 492 g/mol. The van der Waals surface area contributed by atoms with Crippen molar-refractivity contribution in [3.05, 3.63) is 105 Å². The first-order chi connectivity index (χ1) is 14.7. The summed E-state index contributed by atoms with van der Waals surface area (Å²) in [6, 6.07) is 17.2. The van der Waals surface area contributed by atoms with Crippen LogP contribution in [-0.2, 0) is 10.0 Å². The summed E-state index contributed by atoms with van der Waals surface area (Å²) >= 11 is 17.9. The largest absolute Gasteiger partial charge is 0.352 e. The molecule has 0 spiro atoms. The molecule has 0 unspecified atom stereocenters. The van der Waals surface area contributed by atoms with Crippen molar-refractivity contribution < 1.29 is 13.2 Å². The van der Waals surface area contributed by atoms with Gasteiger partial charge in [0.25, 0.3) is 10.0 Å². The van der Waals surface area contributed by atoms with Crippen LogP contribution < -0.4 is 5.32 Å². The number of carbonyl (C=O) groups excluding carboxylic acids is 1. The zero-order valence-electron chi connectivity index (χ0n) is 15.6. The molecule has 9 heteroatoms. The van der Waals surface area contributed by atoms with Gasteiger partial charge in [-0.25, -0.2) is 0 Å². The fourth-order valence-corrected chi connectivity index (χ4v) is 4.44. The van der Waals surface area contributed by atoms with E-state index in [2.05, 4.69) is 9.71 Å². The minimum absolute atomic E-state index is 0.00817. The summed E-state index contributed by atoms with van der Waals surface area (Å²) in [5, 5.41) is 4.08. The monoisotopic (exact) mass is 490 g/mol. The van der Waals surface area contributed by atoms with Gasteiger partial charge in [0.05, 0.1) is 26.3 Å². The number of ketones is 1. The van der Waals surface area contributed by atoms with E-state index < -0.39 is 10.0 Å². The van der Waals surface area contributed by atoms with Crippen LogP contribution in [0.5, 0.6) is 0 Å². The van der Waals surface area contributed by atoms with Gasteiger partial charge < -0.3 is 5.32 Å². The first-order valence-corrected chi connectivity index (χ1v) is 11.5. The Labute approximate surface area is 194 Å². The normalized spacial score (nSPS) is 14.9. The van der Waals surface area contributed by atoms with E-state index >= 15 is 0 Å². The molecule has 4 rings (SSSR count). The Morgan fingerprint density at radius 3 is 2.16 bits per heavy atom. The van der Waals surface area contributed by atoms with Crippen molar-refractivity contribution in [1.82, 2.24) is 0 Å². The molecule has 0 radical (unpaired) electrons. The molecule has 1 aliphatic carbocycles. The first kappa shape index (κ1) is 21.6. The number of nitrogens with one attached hydrogen (secondary N) is 1. The lowest BCUT2D eigenvalue weighted by Gasteiger charge is -2.19. The molecule has 3 aromatic rings. The SMILES string of the molecule is O=C1C(Nc2ccc(Cl)c(Cl)c2)=C/C(=N\S(=O)(=O)c2ccc(Cl)cc2)c2ccccc21. The molecule has 0 amide bonds. The summed E-state index contributed by atoms with van der Waals surface area (Å²) in [5.41, 5.74) is 1.56. The Kier molecular flexibility index (Phi) is 5.90. The maximum atomic E-state index is 13.0. The number of nitrogens with zero attached hydrogens (tertiary/aromatic N) is 1. The quantitative estimate of drug-likeness (QED) is 0.484. The van der Waals surface area contributed by atoms with Crippen LogP contribution in [0.1, 0.15) is 15.9 Å². The van der Waals surface area contributed by atoms with E-state index in [-0.39, 0.29) is 22.1 Å². The summed E-state index contributed by atoms with van der Waals surface area (Å²) in [6.07, 6.45) is 1.40. The molecule has 5 nitrogen and oxygen atoms in total. The number of rotatable bonds is 4. The van der Waals surface area contributed by atoms with Gasteiger partial charge in [-0.3, -0.25) is 4.79 Å². The third-order valence-corrected chi connectivity index (χ3v) is 6.80. The highest BCUT2D eigenvalue weighted by atomic mass is 35.5. The predicted octanol–water partition coefficient (Wildman–Crippen LogP) is 6.02. The number of sulfonamides is 1. The van der Waals surface area contributed by atoms with Crippen molar-refractivity contribution in [2.45, 2.75) is 4.90 Å². The molecule has 156 valence electrons. The summed E-state index contributed by atoms with van der Waals surface area (Å²) in [6.45, 7) is 0. The lowest BCUT2D eigenvalue weighted by atomic mass is 9.92. The van der Waals surface area contributed by atoms with Gasteiger partial charge in [0.2, 0.25) is 5.78 Å². The van der Waals surface area contributed by atoms with E-state index in [1.807, 2.05) is 0 Å². The Bertz CT molecular complexity index is 1370. The Hall–Kier alpha value is -2.64. The average Bonchev–Trinajstić information content (AvgIpc) is 2.74. The Morgan fingerprint density at radius 2 is 1.48 bits per heavy atom. The Morgan fingerprint density at radius 1 is 0.806 bits per heavy atom. The van der Waals surface area contributed by atoms with Gasteiger partial charge in [-0.05, 0) is 48.5 Å². The molecule has 0 fully saturated rings. The number of fused-ring (bicyclic) bond motifs is 1. The number of carbonyl (C=O) groups is 1. The van der Waals surface area contributed by atoms with E-state index in [0.717, 1.165) is 0 Å². The number of anilines is 1. The van der Waals surface area contributed by atoms with Crippen LogP contribution in [0.4, 0.5) is 5.69 Å². The molecule has 0 saturated heterocycles. The minimum atomic E-state index is -4.04. The molecule has 0 aliphatic heterocycles. The second-order valence-electron chi connectivity index (χ2n) is 6.59. The highest BCUT2D eigenvalue weighted by molar-refractivity contribution is 7.90. The number of hydrogen-bond acceptors (Lipinski definition) is 4. The maximum Gasteiger partial charge on any atom is 0.282 e. The lowest BCUT2D eigenvalue weighted by Crippen LogP contribution is -2.22. The van der Waals surface area contributed by atoms with E-state index in [0.29, 0.717) is 31.9 Å². The van der Waals surface area contributed by atoms with Gasteiger partial charge in [0, 0.05) is 21.8 Å². The highest BCUT2D eigenvalue weighted by Crippen LogP contribution is 2.29. The summed E-state index contributed by atoms with van der Waals surface area (Å²) in [7, 11) is -4.04. The van der Waals surface area contributed by atoms with Crippen LogP contribution in [0.3, 0.4) is 0 Å². The van der Waals surface area contributed by atoms with E-state index in [9.17, 15) is 13.2 Å². The number of hydrogen-bond donors (Lipinski definition) is 1. The molecule has 0 bridgehead atoms. The topological polar surface area (TPSA) is 75.6 Å². The third kappa shape index (κ3) is 4.52. The van der Waals surface area contributed by atoms with Crippen molar-refractivity contribution in [2.24, 2.45) is 4.40 Å². The van der Waals surface area contributed by atoms with Crippen LogP contribution in [0.2, 0.25) is 15.1 Å². The molecule has 31 heavy (non-hydrogen) atoms. The zero-order chi connectivity index (χ0) is 22.2. The molecule has 0 saturated carbocycles. The second-order valence-corrected chi connectivity index (χ2v) is 9.45. The highest BCUT2D eigenvalue weighted by Gasteiger charge is 2.26. The van der Waals surface area contributed by atoms with Crippen molar-refractivity contribution in [3.8, 4) is 0 Å². The fraction of sp³-hybridized carbons (Fsp3) is 0. The molecule has 0 aromatic heterocycles. The van der Waals surface area contributed by atoms with Crippen molar-refractivity contribution in [3.63, 3.8) is 0 Å². The predicted molar refractivity (Wildman–Crippen MR) is 124 cm³/mol. The van der Waals surface area contributed by atoms with Crippen LogP contribution >= 0.6 is 34.8 Å². The number of halogens is 3. The molecule has 1 aliphatic rings. The van der Waals surface area contributed by atoms with Crippen molar-refractivity contribution >= 4 is 62.0 Å². The van der Waals surface area contributed by atoms with Gasteiger partial charge in [-0.15, -0.1) is 0 Å². The number of allylic oxidation sites excluding steroid dienone is 2. The van der Waals surface area contributed by atoms with Crippen molar-refractivity contribution in [1.29, 1.82) is 0 Å². The van der Waals surface area contributed by atoms with Gasteiger partial charge in [-0.2, -0.15) is 12.8 Å². The van der Waals surface area contributed by atoms with Crippen LogP contribution in [-0.4, -0.2) is 19.9 Å². The van der Waals surface area contributed by atoms with E-state index in [4.69, 9.17) is 34.8 Å². The van der Waals surface area contributed by atoms with E-state index in [1.54, 1.807) is 42.5 Å². The van der Waals surface area contributed by atoms with Crippen LogP contribution in [0.15, 0.2) is 87.8 Å². The van der Waals surface area contributed by atoms with Crippen molar-refractivity contribution in [2.75, 3.05) is 5.32 Å². The molecule has 1 N–H and O–H groups in total. The number of benzene rings is 3. The smallest absolute Gasteiger partial charge is 0.282 e. The summed E-state index contributed by atoms with van der Waals surface area (Å²) < 4.78 is 29.7. The van der Waals surface area contributed by atoms with Crippen LogP contribution in [0, 0.1) is 0 Å². The third-order valence-electron chi connectivity index (χ3n) is 4.50. The molecule has 0 atom stereocenters. The van der Waals surface area contributed by atoms with Gasteiger partial charge in [-0.1, -0.05) is 59.1 Å². The second kappa shape index (κ2) is 8.48.